The first-order valence-electron chi connectivity index (χ1n) is 8.65. The van der Waals surface area contributed by atoms with E-state index in [0.717, 1.165) is 25.9 Å². The van der Waals surface area contributed by atoms with E-state index in [1.807, 2.05) is 0 Å². The summed E-state index contributed by atoms with van der Waals surface area (Å²) in [6.45, 7) is 2.17. The third kappa shape index (κ3) is 4.59. The summed E-state index contributed by atoms with van der Waals surface area (Å²) in [6, 6.07) is 5.48. The smallest absolute Gasteiger partial charge is 0.227 e. The van der Waals surface area contributed by atoms with Gasteiger partial charge in [-0.3, -0.25) is 9.59 Å². The second-order valence-corrected chi connectivity index (χ2v) is 6.53. The zero-order chi connectivity index (χ0) is 17.8. The molecule has 7 nitrogen and oxygen atoms in total. The highest BCUT2D eigenvalue weighted by Crippen LogP contribution is 2.32. The maximum Gasteiger partial charge on any atom is 0.227 e. The fraction of sp³-hybridized carbons (Fsp3) is 0.556. The van der Waals surface area contributed by atoms with E-state index < -0.39 is 0 Å². The van der Waals surface area contributed by atoms with Crippen LogP contribution in [0.1, 0.15) is 19.3 Å². The number of amides is 2. The number of rotatable bonds is 5. The Morgan fingerprint density at radius 1 is 1.23 bits per heavy atom. The van der Waals surface area contributed by atoms with E-state index in [9.17, 15) is 9.59 Å². The Bertz CT molecular complexity index is 627. The molecule has 144 valence electrons. The number of ether oxygens (including phenoxy) is 2. The minimum absolute atomic E-state index is 0. The molecule has 2 aliphatic heterocycles. The summed E-state index contributed by atoms with van der Waals surface area (Å²) in [6.07, 6.45) is 2.27. The van der Waals surface area contributed by atoms with E-state index in [1.54, 1.807) is 37.3 Å². The number of nitrogens with one attached hydrogen (secondary N) is 2. The SMILES string of the molecule is COc1cc(OC)cc(N2CC(C(=O)NC3CCCNC3)CC2=O)c1.Cl. The molecule has 2 saturated heterocycles. The first-order valence-corrected chi connectivity index (χ1v) is 8.65. The summed E-state index contributed by atoms with van der Waals surface area (Å²) >= 11 is 0. The second kappa shape index (κ2) is 9.09. The summed E-state index contributed by atoms with van der Waals surface area (Å²) in [5, 5.41) is 6.35. The lowest BCUT2D eigenvalue weighted by Gasteiger charge is -2.25. The molecule has 3 rings (SSSR count). The van der Waals surface area contributed by atoms with Crippen molar-refractivity contribution < 1.29 is 19.1 Å². The van der Waals surface area contributed by atoms with Gasteiger partial charge in [0.15, 0.2) is 0 Å². The quantitative estimate of drug-likeness (QED) is 0.802. The topological polar surface area (TPSA) is 79.9 Å². The predicted molar refractivity (Wildman–Crippen MR) is 101 cm³/mol. The molecule has 8 heteroatoms. The van der Waals surface area contributed by atoms with Crippen LogP contribution in [0.2, 0.25) is 0 Å². The molecule has 2 N–H and O–H groups in total. The summed E-state index contributed by atoms with van der Waals surface area (Å²) in [5.41, 5.74) is 0.691. The Hall–Kier alpha value is -1.99. The van der Waals surface area contributed by atoms with Gasteiger partial charge < -0.3 is 25.0 Å². The average Bonchev–Trinajstić information content (AvgIpc) is 3.04. The zero-order valence-corrected chi connectivity index (χ0v) is 15.9. The number of anilines is 1. The van der Waals surface area contributed by atoms with Crippen LogP contribution >= 0.6 is 12.4 Å². The van der Waals surface area contributed by atoms with Crippen molar-refractivity contribution in [3.05, 3.63) is 18.2 Å². The monoisotopic (exact) mass is 383 g/mol. The van der Waals surface area contributed by atoms with Crippen LogP contribution in [0.25, 0.3) is 0 Å². The van der Waals surface area contributed by atoms with Crippen LogP contribution in [-0.4, -0.2) is 51.7 Å². The molecule has 0 bridgehead atoms. The first-order chi connectivity index (χ1) is 12.1. The number of nitrogens with zero attached hydrogens (tertiary/aromatic N) is 1. The molecule has 26 heavy (non-hydrogen) atoms. The van der Waals surface area contributed by atoms with Crippen LogP contribution < -0.4 is 25.0 Å². The largest absolute Gasteiger partial charge is 0.497 e. The average molecular weight is 384 g/mol. The van der Waals surface area contributed by atoms with E-state index in [2.05, 4.69) is 10.6 Å². The molecule has 0 aromatic heterocycles. The van der Waals surface area contributed by atoms with Crippen LogP contribution in [0.3, 0.4) is 0 Å². The Balaban J connectivity index is 0.00000243. The minimum Gasteiger partial charge on any atom is -0.497 e. The summed E-state index contributed by atoms with van der Waals surface area (Å²) in [4.78, 5) is 26.6. The van der Waals surface area contributed by atoms with Crippen molar-refractivity contribution in [2.24, 2.45) is 5.92 Å². The van der Waals surface area contributed by atoms with E-state index >= 15 is 0 Å². The van der Waals surface area contributed by atoms with Gasteiger partial charge in [0.1, 0.15) is 11.5 Å². The van der Waals surface area contributed by atoms with Gasteiger partial charge in [-0.25, -0.2) is 0 Å². The molecule has 0 aliphatic carbocycles. The maximum absolute atomic E-state index is 12.5. The van der Waals surface area contributed by atoms with Gasteiger partial charge in [-0.2, -0.15) is 0 Å². The van der Waals surface area contributed by atoms with Crippen molar-refractivity contribution in [1.29, 1.82) is 0 Å². The van der Waals surface area contributed by atoms with E-state index in [-0.39, 0.29) is 42.6 Å². The van der Waals surface area contributed by atoms with Gasteiger partial charge in [0, 0.05) is 43.8 Å². The van der Waals surface area contributed by atoms with E-state index in [0.29, 0.717) is 23.7 Å². The van der Waals surface area contributed by atoms with Gasteiger partial charge in [-0.05, 0) is 19.4 Å². The van der Waals surface area contributed by atoms with Crippen LogP contribution in [0, 0.1) is 5.92 Å². The molecule has 1 aromatic rings. The number of hydrogen-bond donors (Lipinski definition) is 2. The van der Waals surface area contributed by atoms with Crippen LogP contribution in [0.4, 0.5) is 5.69 Å². The van der Waals surface area contributed by atoms with Gasteiger partial charge in [0.25, 0.3) is 0 Å². The Kier molecular flexibility index (Phi) is 7.11. The van der Waals surface area contributed by atoms with Crippen molar-refractivity contribution >= 4 is 29.9 Å². The molecule has 0 saturated carbocycles. The standard InChI is InChI=1S/C18H25N3O4.ClH/c1-24-15-7-14(8-16(9-15)25-2)21-11-12(6-17(21)22)18(23)20-13-4-3-5-19-10-13;/h7-9,12-13,19H,3-6,10-11H2,1-2H3,(H,20,23);1H. The fourth-order valence-electron chi connectivity index (χ4n) is 3.38. The van der Waals surface area contributed by atoms with Gasteiger partial charge in [0.05, 0.1) is 25.8 Å². The molecule has 2 aliphatic rings. The Labute approximate surface area is 159 Å². The predicted octanol–water partition coefficient (Wildman–Crippen LogP) is 1.35. The third-order valence-electron chi connectivity index (χ3n) is 4.79. The molecule has 2 amide bonds. The van der Waals surface area contributed by atoms with Crippen molar-refractivity contribution in [2.75, 3.05) is 38.8 Å². The number of carbonyl (C=O) groups is 2. The number of halogens is 1. The molecule has 1 aromatic carbocycles. The number of piperidine rings is 1. The highest BCUT2D eigenvalue weighted by atomic mass is 35.5. The summed E-state index contributed by atoms with van der Waals surface area (Å²) in [7, 11) is 3.14. The highest BCUT2D eigenvalue weighted by Gasteiger charge is 2.36. The fourth-order valence-corrected chi connectivity index (χ4v) is 3.38. The van der Waals surface area contributed by atoms with Crippen molar-refractivity contribution in [2.45, 2.75) is 25.3 Å². The van der Waals surface area contributed by atoms with Crippen LogP contribution in [0.5, 0.6) is 11.5 Å². The van der Waals surface area contributed by atoms with Crippen molar-refractivity contribution in [3.63, 3.8) is 0 Å². The number of carbonyl (C=O) groups excluding carboxylic acids is 2. The molecule has 0 spiro atoms. The van der Waals surface area contributed by atoms with Gasteiger partial charge in [-0.1, -0.05) is 0 Å². The van der Waals surface area contributed by atoms with Crippen LogP contribution in [0.15, 0.2) is 18.2 Å². The molecule has 2 heterocycles. The molecular formula is C18H26ClN3O4. The van der Waals surface area contributed by atoms with Gasteiger partial charge in [-0.15, -0.1) is 12.4 Å². The molecule has 2 atom stereocenters. The van der Waals surface area contributed by atoms with Crippen molar-refractivity contribution in [1.82, 2.24) is 10.6 Å². The highest BCUT2D eigenvalue weighted by molar-refractivity contribution is 6.00. The molecule has 2 fully saturated rings. The first kappa shape index (κ1) is 20.3. The van der Waals surface area contributed by atoms with E-state index in [1.165, 1.54) is 0 Å². The van der Waals surface area contributed by atoms with Gasteiger partial charge in [0.2, 0.25) is 11.8 Å². The lowest BCUT2D eigenvalue weighted by molar-refractivity contribution is -0.127. The normalized spacial score (nSPS) is 22.5. The number of methoxy groups -OCH3 is 2. The number of hydrogen-bond acceptors (Lipinski definition) is 5. The minimum atomic E-state index is -0.327. The van der Waals surface area contributed by atoms with E-state index in [4.69, 9.17) is 9.47 Å². The Morgan fingerprint density at radius 3 is 2.50 bits per heavy atom. The second-order valence-electron chi connectivity index (χ2n) is 6.53. The van der Waals surface area contributed by atoms with Crippen LogP contribution in [-0.2, 0) is 9.59 Å². The molecule has 2 unspecified atom stereocenters. The summed E-state index contributed by atoms with van der Waals surface area (Å²) < 4.78 is 10.5. The lowest BCUT2D eigenvalue weighted by atomic mass is 10.0. The molecular weight excluding hydrogens is 358 g/mol. The number of benzene rings is 1. The van der Waals surface area contributed by atoms with Crippen molar-refractivity contribution in [3.8, 4) is 11.5 Å². The molecule has 0 radical (unpaired) electrons. The lowest BCUT2D eigenvalue weighted by Crippen LogP contribution is -2.47. The summed E-state index contributed by atoms with van der Waals surface area (Å²) in [5.74, 6) is 0.801. The maximum atomic E-state index is 12.5. The third-order valence-corrected chi connectivity index (χ3v) is 4.79. The zero-order valence-electron chi connectivity index (χ0n) is 15.1. The van der Waals surface area contributed by atoms with Gasteiger partial charge >= 0.3 is 0 Å². The Morgan fingerprint density at radius 2 is 1.92 bits per heavy atom.